The van der Waals surface area contributed by atoms with Crippen LogP contribution in [0.3, 0.4) is 0 Å². The lowest BCUT2D eigenvalue weighted by Crippen LogP contribution is -2.34. The third kappa shape index (κ3) is 8.31. The molecule has 2 N–H and O–H groups in total. The van der Waals surface area contributed by atoms with Gasteiger partial charge in [0, 0.05) is 43.7 Å². The van der Waals surface area contributed by atoms with Gasteiger partial charge in [0.05, 0.1) is 30.2 Å². The van der Waals surface area contributed by atoms with E-state index in [9.17, 15) is 26.4 Å². The number of alkyl halides is 3. The molecule has 0 unspecified atom stereocenters. The highest BCUT2D eigenvalue weighted by Crippen LogP contribution is 2.35. The minimum absolute atomic E-state index is 0.123. The fourth-order valence-electron chi connectivity index (χ4n) is 4.74. The van der Waals surface area contributed by atoms with Gasteiger partial charge in [-0.15, -0.1) is 0 Å². The van der Waals surface area contributed by atoms with Crippen LogP contribution in [0.1, 0.15) is 48.7 Å². The van der Waals surface area contributed by atoms with E-state index in [1.807, 2.05) is 6.92 Å². The zero-order chi connectivity index (χ0) is 28.8. The molecule has 3 rings (SSSR count). The van der Waals surface area contributed by atoms with E-state index in [4.69, 9.17) is 4.74 Å². The Morgan fingerprint density at radius 1 is 1.23 bits per heavy atom. The molecule has 39 heavy (non-hydrogen) atoms. The van der Waals surface area contributed by atoms with Crippen molar-refractivity contribution in [1.29, 1.82) is 0 Å². The first-order valence-corrected chi connectivity index (χ1v) is 14.8. The number of rotatable bonds is 12. The van der Waals surface area contributed by atoms with E-state index in [1.165, 1.54) is 13.4 Å². The van der Waals surface area contributed by atoms with Crippen LogP contribution in [0.5, 0.6) is 5.75 Å². The highest BCUT2D eigenvalue weighted by molar-refractivity contribution is 7.91. The molecule has 10 nitrogen and oxygen atoms in total. The maximum atomic E-state index is 13.1. The minimum Gasteiger partial charge on any atom is -0.496 e. The predicted octanol–water partition coefficient (Wildman–Crippen LogP) is 3.61. The molecule has 1 aliphatic rings. The minimum atomic E-state index is -4.38. The molecule has 2 heterocycles. The van der Waals surface area contributed by atoms with E-state index < -0.39 is 22.6 Å². The molecule has 2 aromatic heterocycles. The molecule has 1 amide bonds. The molecule has 2 aromatic rings. The molecule has 1 fully saturated rings. The van der Waals surface area contributed by atoms with E-state index in [0.717, 1.165) is 12.8 Å². The van der Waals surface area contributed by atoms with Gasteiger partial charge in [0.25, 0.3) is 5.91 Å². The number of aryl methyl sites for hydroxylation is 1. The number of methoxy groups -OCH3 is 1. The molecule has 0 atom stereocenters. The summed E-state index contributed by atoms with van der Waals surface area (Å²) in [5, 5.41) is 10.1. The summed E-state index contributed by atoms with van der Waals surface area (Å²) in [6, 6.07) is 1.62. The Balaban J connectivity index is 1.67. The number of ether oxygens (including phenoxy) is 2. The number of anilines is 1. The normalized spacial score (nSPS) is 18.1. The lowest BCUT2D eigenvalue weighted by molar-refractivity contribution is -0.172. The van der Waals surface area contributed by atoms with Gasteiger partial charge in [-0.25, -0.2) is 13.4 Å². The number of carbonyl (C=O) groups excluding carboxylic acids is 1. The highest BCUT2D eigenvalue weighted by atomic mass is 32.2. The first-order chi connectivity index (χ1) is 18.3. The van der Waals surface area contributed by atoms with Gasteiger partial charge in [-0.05, 0) is 45.4 Å². The van der Waals surface area contributed by atoms with Crippen LogP contribution in [0.4, 0.5) is 19.0 Å². The number of nitrogens with zero attached hydrogens (tertiary/aromatic N) is 3. The quantitative estimate of drug-likeness (QED) is 0.368. The van der Waals surface area contributed by atoms with Crippen molar-refractivity contribution in [3.8, 4) is 17.0 Å². The average Bonchev–Trinajstić information content (AvgIpc) is 3.22. The maximum absolute atomic E-state index is 13.1. The van der Waals surface area contributed by atoms with E-state index in [2.05, 4.69) is 25.5 Å². The number of hydrogen-bond acceptors (Lipinski definition) is 8. The van der Waals surface area contributed by atoms with Crippen molar-refractivity contribution in [2.45, 2.75) is 57.5 Å². The number of nitrogens with one attached hydrogen (secondary N) is 2. The monoisotopic (exact) mass is 575 g/mol. The van der Waals surface area contributed by atoms with Gasteiger partial charge in [0.2, 0.25) is 0 Å². The van der Waals surface area contributed by atoms with Crippen molar-refractivity contribution in [2.75, 3.05) is 45.0 Å². The van der Waals surface area contributed by atoms with E-state index >= 15 is 0 Å². The molecular formula is C25H36F3N5O5S. The Kier molecular flexibility index (Phi) is 10.2. The second-order valence-electron chi connectivity index (χ2n) is 9.68. The lowest BCUT2D eigenvalue weighted by atomic mass is 9.89. The standard InChI is InChI=1S/C25H36F3N5O5S/c1-5-33-23(19-14-30-21(12-20(19)37-3)29-10-11-38-15-25(26,27)28)16(2)22(32-33)24(34)31-13-17-6-8-18(9-7-17)39(4,35)36/h12,14,17-18H,5-11,13,15H2,1-4H3,(H,29,30)(H,31,34)/t17-,18-. The largest absolute Gasteiger partial charge is 0.496 e. The number of pyridine rings is 1. The Morgan fingerprint density at radius 2 is 1.92 bits per heavy atom. The summed E-state index contributed by atoms with van der Waals surface area (Å²) in [6.45, 7) is 3.28. The predicted molar refractivity (Wildman–Crippen MR) is 141 cm³/mol. The average molecular weight is 576 g/mol. The summed E-state index contributed by atoms with van der Waals surface area (Å²) in [4.78, 5) is 17.4. The van der Waals surface area contributed by atoms with Crippen molar-refractivity contribution in [3.05, 3.63) is 23.5 Å². The van der Waals surface area contributed by atoms with Crippen LogP contribution in [-0.2, 0) is 21.1 Å². The molecule has 0 saturated heterocycles. The Bertz CT molecular complexity index is 1240. The zero-order valence-electron chi connectivity index (χ0n) is 22.6. The van der Waals surface area contributed by atoms with Crippen LogP contribution in [0, 0.1) is 12.8 Å². The maximum Gasteiger partial charge on any atom is 0.411 e. The van der Waals surface area contributed by atoms with Crippen molar-refractivity contribution >= 4 is 21.6 Å². The van der Waals surface area contributed by atoms with Gasteiger partial charge in [0.1, 0.15) is 28.0 Å². The second kappa shape index (κ2) is 13.0. The van der Waals surface area contributed by atoms with Crippen LogP contribution in [0.2, 0.25) is 0 Å². The van der Waals surface area contributed by atoms with Gasteiger partial charge in [-0.2, -0.15) is 18.3 Å². The van der Waals surface area contributed by atoms with E-state index in [0.29, 0.717) is 54.3 Å². The molecule has 0 bridgehead atoms. The van der Waals surface area contributed by atoms with Gasteiger partial charge in [-0.3, -0.25) is 9.48 Å². The summed E-state index contributed by atoms with van der Waals surface area (Å²) in [5.41, 5.74) is 2.21. The Hall–Kier alpha value is -2.87. The molecule has 1 aliphatic carbocycles. The Labute approximate surface area is 226 Å². The van der Waals surface area contributed by atoms with Crippen LogP contribution in [0.25, 0.3) is 11.3 Å². The van der Waals surface area contributed by atoms with Crippen molar-refractivity contribution in [1.82, 2.24) is 20.1 Å². The number of halogens is 3. The van der Waals surface area contributed by atoms with Crippen LogP contribution >= 0.6 is 0 Å². The highest BCUT2D eigenvalue weighted by Gasteiger charge is 2.29. The summed E-state index contributed by atoms with van der Waals surface area (Å²) in [6.07, 6.45) is 1.15. The van der Waals surface area contributed by atoms with Crippen molar-refractivity contribution in [2.24, 2.45) is 5.92 Å². The van der Waals surface area contributed by atoms with Crippen LogP contribution < -0.4 is 15.4 Å². The Morgan fingerprint density at radius 3 is 2.51 bits per heavy atom. The molecule has 0 aliphatic heterocycles. The topological polar surface area (TPSA) is 124 Å². The first-order valence-electron chi connectivity index (χ1n) is 12.8. The third-order valence-corrected chi connectivity index (χ3v) is 8.50. The van der Waals surface area contributed by atoms with Gasteiger partial charge in [-0.1, -0.05) is 0 Å². The SMILES string of the molecule is CCn1nc(C(=O)NC[C@H]2CC[C@H](S(C)(=O)=O)CC2)c(C)c1-c1cnc(NCCOCC(F)(F)F)cc1OC. The molecule has 14 heteroatoms. The summed E-state index contributed by atoms with van der Waals surface area (Å²) >= 11 is 0. The first kappa shape index (κ1) is 30.7. The summed E-state index contributed by atoms with van der Waals surface area (Å²) in [5.74, 6) is 0.754. The molecule has 218 valence electrons. The third-order valence-electron chi connectivity index (χ3n) is 6.81. The van der Waals surface area contributed by atoms with Crippen molar-refractivity contribution < 1.29 is 35.9 Å². The molecular weight excluding hydrogens is 539 g/mol. The summed E-state index contributed by atoms with van der Waals surface area (Å²) < 4.78 is 72.0. The smallest absolute Gasteiger partial charge is 0.411 e. The molecule has 1 saturated carbocycles. The fraction of sp³-hybridized carbons (Fsp3) is 0.640. The number of amides is 1. The van der Waals surface area contributed by atoms with E-state index in [-0.39, 0.29) is 35.9 Å². The van der Waals surface area contributed by atoms with Gasteiger partial charge in [0.15, 0.2) is 5.69 Å². The van der Waals surface area contributed by atoms with E-state index in [1.54, 1.807) is 23.9 Å². The number of hydrogen-bond donors (Lipinski definition) is 2. The van der Waals surface area contributed by atoms with Crippen LogP contribution in [0.15, 0.2) is 12.3 Å². The molecule has 0 spiro atoms. The van der Waals surface area contributed by atoms with Crippen molar-refractivity contribution in [3.63, 3.8) is 0 Å². The van der Waals surface area contributed by atoms with Crippen LogP contribution in [-0.4, -0.2) is 80.2 Å². The lowest BCUT2D eigenvalue weighted by Gasteiger charge is -2.27. The summed E-state index contributed by atoms with van der Waals surface area (Å²) in [7, 11) is -1.55. The second-order valence-corrected chi connectivity index (χ2v) is 12.0. The molecule has 0 aromatic carbocycles. The number of sulfone groups is 1. The van der Waals surface area contributed by atoms with Gasteiger partial charge >= 0.3 is 6.18 Å². The molecule has 0 radical (unpaired) electrons. The van der Waals surface area contributed by atoms with Gasteiger partial charge < -0.3 is 20.1 Å². The number of aromatic nitrogens is 3. The zero-order valence-corrected chi connectivity index (χ0v) is 23.4. The number of carbonyl (C=O) groups is 1. The fourth-order valence-corrected chi connectivity index (χ4v) is 5.87.